The number of piperidine rings is 1. The first-order valence-electron chi connectivity index (χ1n) is 6.51. The first kappa shape index (κ1) is 10.9. The van der Waals surface area contributed by atoms with Crippen molar-refractivity contribution in [1.82, 2.24) is 30.5 Å². The number of hydrogen-bond acceptors (Lipinski definition) is 5. The molecule has 1 fully saturated rings. The van der Waals surface area contributed by atoms with Crippen LogP contribution in [0.4, 0.5) is 0 Å². The van der Waals surface area contributed by atoms with Crippen molar-refractivity contribution in [1.29, 1.82) is 0 Å². The van der Waals surface area contributed by atoms with E-state index in [2.05, 4.69) is 25.9 Å². The Bertz CT molecular complexity index is 661. The van der Waals surface area contributed by atoms with Crippen molar-refractivity contribution < 1.29 is 0 Å². The summed E-state index contributed by atoms with van der Waals surface area (Å²) in [5, 5.41) is 17.1. The second-order valence-corrected chi connectivity index (χ2v) is 5.32. The minimum Gasteiger partial charge on any atom is -0.316 e. The van der Waals surface area contributed by atoms with Crippen LogP contribution in [0.3, 0.4) is 0 Å². The van der Waals surface area contributed by atoms with E-state index in [1.807, 2.05) is 10.6 Å². The molecular weight excluding hydrogens is 244 g/mol. The summed E-state index contributed by atoms with van der Waals surface area (Å²) in [6, 6.07) is 3.65. The second-order valence-electron chi connectivity index (χ2n) is 5.32. The summed E-state index contributed by atoms with van der Waals surface area (Å²) in [6.07, 6.45) is 1.16. The topological polar surface area (TPSA) is 88.5 Å². The summed E-state index contributed by atoms with van der Waals surface area (Å²) in [5.41, 5.74) is 1.91. The quantitative estimate of drug-likeness (QED) is 0.735. The summed E-state index contributed by atoms with van der Waals surface area (Å²) < 4.78 is 1.91. The molecule has 0 spiro atoms. The van der Waals surface area contributed by atoms with Crippen LogP contribution in [-0.2, 0) is 6.54 Å². The predicted octanol–water partition coefficient (Wildman–Crippen LogP) is -0.265. The number of H-pyrrole nitrogens is 1. The van der Waals surface area contributed by atoms with Gasteiger partial charge >= 0.3 is 0 Å². The lowest BCUT2D eigenvalue weighted by atomic mass is 9.84. The average Bonchev–Trinajstić information content (AvgIpc) is 2.94. The largest absolute Gasteiger partial charge is 0.316 e. The fraction of sp³-hybridized carbons (Fsp3) is 0.500. The van der Waals surface area contributed by atoms with E-state index in [1.54, 1.807) is 6.07 Å². The van der Waals surface area contributed by atoms with Gasteiger partial charge in [0.05, 0.1) is 0 Å². The molecule has 2 aromatic heterocycles. The van der Waals surface area contributed by atoms with Gasteiger partial charge in [0.15, 0.2) is 5.82 Å². The highest BCUT2D eigenvalue weighted by Crippen LogP contribution is 2.32. The molecular formula is C12H14N6O. The third-order valence-electron chi connectivity index (χ3n) is 4.08. The van der Waals surface area contributed by atoms with E-state index in [9.17, 15) is 4.79 Å². The lowest BCUT2D eigenvalue weighted by molar-refractivity contribution is 0.257. The fourth-order valence-electron chi connectivity index (χ4n) is 3.22. The zero-order valence-corrected chi connectivity index (χ0v) is 10.3. The normalized spacial score (nSPS) is 25.1. The van der Waals surface area contributed by atoms with Crippen molar-refractivity contribution in [2.24, 2.45) is 5.92 Å². The number of nitrogens with zero attached hydrogens (tertiary/aromatic N) is 4. The maximum atomic E-state index is 12.3. The summed E-state index contributed by atoms with van der Waals surface area (Å²) in [5.74, 6) is 1.53. The maximum Gasteiger partial charge on any atom is 0.251 e. The molecule has 0 radical (unpaired) electrons. The molecule has 2 N–H and O–H groups in total. The number of pyridine rings is 1. The minimum absolute atomic E-state index is 0.0421. The molecule has 0 aromatic carbocycles. The molecule has 98 valence electrons. The molecule has 2 aliphatic rings. The third kappa shape index (κ3) is 1.69. The first-order valence-corrected chi connectivity index (χ1v) is 6.51. The van der Waals surface area contributed by atoms with Crippen LogP contribution in [-0.4, -0.2) is 38.3 Å². The van der Waals surface area contributed by atoms with Gasteiger partial charge in [0, 0.05) is 36.3 Å². The van der Waals surface area contributed by atoms with Crippen molar-refractivity contribution in [2.45, 2.75) is 18.9 Å². The van der Waals surface area contributed by atoms with E-state index in [4.69, 9.17) is 0 Å². The second kappa shape index (κ2) is 3.99. The van der Waals surface area contributed by atoms with Gasteiger partial charge in [-0.05, 0) is 35.4 Å². The van der Waals surface area contributed by atoms with Gasteiger partial charge in [-0.1, -0.05) is 0 Å². The van der Waals surface area contributed by atoms with Crippen LogP contribution in [0.5, 0.6) is 0 Å². The minimum atomic E-state index is 0.0421. The predicted molar refractivity (Wildman–Crippen MR) is 67.6 cm³/mol. The van der Waals surface area contributed by atoms with Gasteiger partial charge in [-0.3, -0.25) is 4.79 Å². The summed E-state index contributed by atoms with van der Waals surface area (Å²) in [6.45, 7) is 2.76. The van der Waals surface area contributed by atoms with Crippen LogP contribution in [0.2, 0.25) is 0 Å². The van der Waals surface area contributed by atoms with Crippen LogP contribution >= 0.6 is 0 Å². The monoisotopic (exact) mass is 258 g/mol. The van der Waals surface area contributed by atoms with Crippen LogP contribution in [0, 0.1) is 5.92 Å². The Morgan fingerprint density at radius 3 is 3.11 bits per heavy atom. The van der Waals surface area contributed by atoms with Crippen LogP contribution in [0.1, 0.15) is 18.0 Å². The van der Waals surface area contributed by atoms with Crippen LogP contribution in [0.25, 0.3) is 11.4 Å². The van der Waals surface area contributed by atoms with Crippen LogP contribution in [0.15, 0.2) is 16.9 Å². The van der Waals surface area contributed by atoms with Gasteiger partial charge in [0.1, 0.15) is 0 Å². The molecule has 0 saturated carbocycles. The summed E-state index contributed by atoms with van der Waals surface area (Å²) in [4.78, 5) is 12.3. The summed E-state index contributed by atoms with van der Waals surface area (Å²) in [7, 11) is 0. The van der Waals surface area contributed by atoms with E-state index in [-0.39, 0.29) is 5.56 Å². The Hall–Kier alpha value is -2.02. The van der Waals surface area contributed by atoms with Crippen molar-refractivity contribution in [2.75, 3.05) is 13.1 Å². The van der Waals surface area contributed by atoms with E-state index in [0.29, 0.717) is 17.7 Å². The standard InChI is InChI=1S/C12H14N6O/c19-11-3-8(12-14-16-17-15-12)2-10-9-1-7(4-13-5-9)6-18(10)11/h2-3,7,9,13H,1,4-6H2,(H,14,15,16,17). The molecule has 0 amide bonds. The van der Waals surface area contributed by atoms with E-state index >= 15 is 0 Å². The average molecular weight is 258 g/mol. The molecule has 7 nitrogen and oxygen atoms in total. The SMILES string of the molecule is O=c1cc(-c2nnn[nH]2)cc2n1CC1CNCC2C1. The molecule has 0 aliphatic carbocycles. The number of aromatic amines is 1. The van der Waals surface area contributed by atoms with E-state index in [1.165, 1.54) is 0 Å². The Morgan fingerprint density at radius 2 is 2.26 bits per heavy atom. The highest BCUT2D eigenvalue weighted by Gasteiger charge is 2.31. The molecule has 2 bridgehead atoms. The summed E-state index contributed by atoms with van der Waals surface area (Å²) >= 11 is 0. The molecule has 2 unspecified atom stereocenters. The number of nitrogens with one attached hydrogen (secondary N) is 2. The van der Waals surface area contributed by atoms with Crippen molar-refractivity contribution >= 4 is 0 Å². The van der Waals surface area contributed by atoms with Gasteiger partial charge in [-0.2, -0.15) is 0 Å². The smallest absolute Gasteiger partial charge is 0.251 e. The van der Waals surface area contributed by atoms with E-state index in [0.717, 1.165) is 37.3 Å². The van der Waals surface area contributed by atoms with Crippen LogP contribution < -0.4 is 10.9 Å². The fourth-order valence-corrected chi connectivity index (χ4v) is 3.22. The highest BCUT2D eigenvalue weighted by molar-refractivity contribution is 5.54. The molecule has 1 saturated heterocycles. The van der Waals surface area contributed by atoms with Gasteiger partial charge < -0.3 is 9.88 Å². The van der Waals surface area contributed by atoms with Crippen molar-refractivity contribution in [3.63, 3.8) is 0 Å². The Kier molecular flexibility index (Phi) is 2.28. The molecule has 4 rings (SSSR count). The molecule has 2 aliphatic heterocycles. The van der Waals surface area contributed by atoms with E-state index < -0.39 is 0 Å². The molecule has 19 heavy (non-hydrogen) atoms. The zero-order chi connectivity index (χ0) is 12.8. The highest BCUT2D eigenvalue weighted by atomic mass is 16.1. The number of fused-ring (bicyclic) bond motifs is 4. The lowest BCUT2D eigenvalue weighted by Crippen LogP contribution is -2.44. The van der Waals surface area contributed by atoms with Gasteiger partial charge in [-0.15, -0.1) is 5.10 Å². The Labute approximate surface area is 109 Å². The first-order chi connectivity index (χ1) is 9.31. The number of tetrazole rings is 1. The zero-order valence-electron chi connectivity index (χ0n) is 10.3. The number of hydrogen-bond donors (Lipinski definition) is 2. The Balaban J connectivity index is 1.87. The number of rotatable bonds is 1. The lowest BCUT2D eigenvalue weighted by Gasteiger charge is -2.37. The third-order valence-corrected chi connectivity index (χ3v) is 4.08. The Morgan fingerprint density at radius 1 is 1.32 bits per heavy atom. The maximum absolute atomic E-state index is 12.3. The molecule has 7 heteroatoms. The van der Waals surface area contributed by atoms with Gasteiger partial charge in [0.2, 0.25) is 0 Å². The molecule has 2 atom stereocenters. The van der Waals surface area contributed by atoms with Crippen molar-refractivity contribution in [3.8, 4) is 11.4 Å². The van der Waals surface area contributed by atoms with Gasteiger partial charge in [-0.25, -0.2) is 5.10 Å². The number of aromatic nitrogens is 5. The van der Waals surface area contributed by atoms with Gasteiger partial charge in [0.25, 0.3) is 5.56 Å². The molecule has 4 heterocycles. The van der Waals surface area contributed by atoms with Crippen molar-refractivity contribution in [3.05, 3.63) is 28.2 Å². The molecule has 2 aromatic rings.